The van der Waals surface area contributed by atoms with Gasteiger partial charge in [-0.15, -0.1) is 0 Å². The lowest BCUT2D eigenvalue weighted by atomic mass is 9.92. The van der Waals surface area contributed by atoms with Gasteiger partial charge in [-0.2, -0.15) is 0 Å². The Morgan fingerprint density at radius 3 is 2.53 bits per heavy atom. The summed E-state index contributed by atoms with van der Waals surface area (Å²) < 4.78 is 24.9. The first-order valence-corrected chi connectivity index (χ1v) is 11.7. The van der Waals surface area contributed by atoms with E-state index in [0.29, 0.717) is 17.9 Å². The van der Waals surface area contributed by atoms with E-state index in [9.17, 15) is 14.3 Å². The van der Waals surface area contributed by atoms with Crippen molar-refractivity contribution in [2.45, 2.75) is 31.8 Å². The molecule has 0 radical (unpaired) electrons. The summed E-state index contributed by atoms with van der Waals surface area (Å²) in [5, 5.41) is 14.4. The highest BCUT2D eigenvalue weighted by Crippen LogP contribution is 2.33. The van der Waals surface area contributed by atoms with Crippen LogP contribution in [0.25, 0.3) is 10.9 Å². The van der Waals surface area contributed by atoms with Crippen LogP contribution in [0.4, 0.5) is 4.39 Å². The van der Waals surface area contributed by atoms with E-state index in [-0.39, 0.29) is 18.3 Å². The van der Waals surface area contributed by atoms with Gasteiger partial charge in [0.05, 0.1) is 12.1 Å². The normalized spacial score (nSPS) is 12.9. The summed E-state index contributed by atoms with van der Waals surface area (Å²) in [6.45, 7) is 2.06. The molecule has 0 spiro atoms. The van der Waals surface area contributed by atoms with Gasteiger partial charge >= 0.3 is 5.97 Å². The molecule has 182 valence electrons. The average Bonchev–Trinajstić information content (AvgIpc) is 3.57. The molecule has 5 aromatic rings. The van der Waals surface area contributed by atoms with E-state index in [1.807, 2.05) is 36.5 Å². The number of benzene rings is 3. The number of aryl methyl sites for hydroxylation is 1. The van der Waals surface area contributed by atoms with Crippen LogP contribution in [0.1, 0.15) is 46.4 Å². The van der Waals surface area contributed by atoms with Crippen LogP contribution in [0, 0.1) is 12.7 Å². The highest BCUT2D eigenvalue weighted by atomic mass is 19.1. The lowest BCUT2D eigenvalue weighted by molar-refractivity contribution is -0.137. The van der Waals surface area contributed by atoms with Gasteiger partial charge in [0.15, 0.2) is 0 Å². The number of ether oxygens (including phenoxy) is 1. The summed E-state index contributed by atoms with van der Waals surface area (Å²) >= 11 is 0. The van der Waals surface area contributed by atoms with Crippen LogP contribution in [0.15, 0.2) is 89.8 Å². The SMILES string of the molecule is Cc1c(C(Cc2ccc(F)cc2)Oc2ccc(C(CC(=O)O)c3ccon3)cc2)ccc2cc[nH]c12. The Hall–Kier alpha value is -4.39. The monoisotopic (exact) mass is 484 g/mol. The minimum Gasteiger partial charge on any atom is -0.485 e. The third-order valence-corrected chi connectivity index (χ3v) is 6.47. The number of nitrogens with one attached hydrogen (secondary N) is 1. The lowest BCUT2D eigenvalue weighted by Crippen LogP contribution is -2.13. The maximum Gasteiger partial charge on any atom is 0.304 e. The van der Waals surface area contributed by atoms with Crippen molar-refractivity contribution in [3.8, 4) is 5.75 Å². The number of carbonyl (C=O) groups is 1. The molecule has 6 nitrogen and oxygen atoms in total. The Morgan fingerprint density at radius 1 is 1.06 bits per heavy atom. The number of nitrogens with zero attached hydrogens (tertiary/aromatic N) is 1. The molecule has 5 rings (SSSR count). The van der Waals surface area contributed by atoms with Gasteiger partial charge in [0.1, 0.15) is 23.9 Å². The minimum absolute atomic E-state index is 0.102. The van der Waals surface area contributed by atoms with Gasteiger partial charge < -0.3 is 19.4 Å². The van der Waals surface area contributed by atoms with E-state index < -0.39 is 11.9 Å². The second kappa shape index (κ2) is 10.1. The largest absolute Gasteiger partial charge is 0.485 e. The van der Waals surface area contributed by atoms with Crippen molar-refractivity contribution in [2.75, 3.05) is 0 Å². The molecule has 2 atom stereocenters. The zero-order valence-corrected chi connectivity index (χ0v) is 19.6. The Labute approximate surface area is 207 Å². The van der Waals surface area contributed by atoms with Gasteiger partial charge in [-0.1, -0.05) is 41.6 Å². The van der Waals surface area contributed by atoms with Gasteiger partial charge in [-0.25, -0.2) is 4.39 Å². The van der Waals surface area contributed by atoms with E-state index in [2.05, 4.69) is 29.2 Å². The van der Waals surface area contributed by atoms with Crippen molar-refractivity contribution in [3.05, 3.63) is 119 Å². The Morgan fingerprint density at radius 2 is 1.83 bits per heavy atom. The molecule has 0 saturated heterocycles. The van der Waals surface area contributed by atoms with Gasteiger partial charge in [0, 0.05) is 30.1 Å². The van der Waals surface area contributed by atoms with E-state index >= 15 is 0 Å². The second-order valence-electron chi connectivity index (χ2n) is 8.80. The van der Waals surface area contributed by atoms with Gasteiger partial charge in [-0.05, 0) is 64.9 Å². The summed E-state index contributed by atoms with van der Waals surface area (Å²) in [4.78, 5) is 14.7. The molecular weight excluding hydrogens is 459 g/mol. The molecule has 0 saturated carbocycles. The molecule has 0 aliphatic heterocycles. The van der Waals surface area contributed by atoms with E-state index in [4.69, 9.17) is 9.26 Å². The standard InChI is InChI=1S/C29H25FN2O4/c1-18-24(11-6-21-12-14-31-29(18)21)27(16-19-2-7-22(30)8-3-19)36-23-9-4-20(5-10-23)25(17-28(33)34)26-13-15-35-32-26/h2-15,25,27,31H,16-17H2,1H3,(H,33,34). The molecule has 0 aliphatic carbocycles. The zero-order valence-electron chi connectivity index (χ0n) is 19.6. The fraction of sp³-hybridized carbons (Fsp3) is 0.172. The van der Waals surface area contributed by atoms with Gasteiger partial charge in [0.2, 0.25) is 0 Å². The molecule has 0 bridgehead atoms. The molecule has 0 fully saturated rings. The number of carboxylic acids is 1. The van der Waals surface area contributed by atoms with Gasteiger partial charge in [-0.3, -0.25) is 4.79 Å². The number of aromatic amines is 1. The number of aliphatic carboxylic acids is 1. The highest BCUT2D eigenvalue weighted by Gasteiger charge is 2.22. The molecule has 2 aromatic heterocycles. The number of hydrogen-bond acceptors (Lipinski definition) is 4. The fourth-order valence-electron chi connectivity index (χ4n) is 4.60. The molecule has 7 heteroatoms. The van der Waals surface area contributed by atoms with E-state index in [1.54, 1.807) is 18.2 Å². The molecule has 2 N–H and O–H groups in total. The number of hydrogen-bond donors (Lipinski definition) is 2. The molecule has 2 unspecified atom stereocenters. The number of rotatable bonds is 9. The third-order valence-electron chi connectivity index (χ3n) is 6.47. The van der Waals surface area contributed by atoms with Crippen LogP contribution in [0.5, 0.6) is 5.75 Å². The highest BCUT2D eigenvalue weighted by molar-refractivity contribution is 5.83. The predicted octanol–water partition coefficient (Wildman–Crippen LogP) is 6.57. The third kappa shape index (κ3) is 5.00. The summed E-state index contributed by atoms with van der Waals surface area (Å²) in [6, 6.07) is 21.7. The fourth-order valence-corrected chi connectivity index (χ4v) is 4.60. The molecule has 2 heterocycles. The molecule has 3 aromatic carbocycles. The van der Waals surface area contributed by atoms with Crippen molar-refractivity contribution >= 4 is 16.9 Å². The van der Waals surface area contributed by atoms with Crippen LogP contribution in [-0.4, -0.2) is 21.2 Å². The van der Waals surface area contributed by atoms with E-state index in [1.165, 1.54) is 18.4 Å². The maximum absolute atomic E-state index is 13.5. The summed E-state index contributed by atoms with van der Waals surface area (Å²) in [5.41, 5.74) is 5.50. The topological polar surface area (TPSA) is 88.3 Å². The van der Waals surface area contributed by atoms with Crippen LogP contribution in [0.3, 0.4) is 0 Å². The first kappa shape index (κ1) is 23.4. The molecule has 0 amide bonds. The summed E-state index contributed by atoms with van der Waals surface area (Å²) in [5.74, 6) is -0.981. The first-order valence-electron chi connectivity index (χ1n) is 11.7. The predicted molar refractivity (Wildman–Crippen MR) is 134 cm³/mol. The van der Waals surface area contributed by atoms with Crippen LogP contribution in [-0.2, 0) is 11.2 Å². The molecule has 0 aliphatic rings. The van der Waals surface area contributed by atoms with Crippen molar-refractivity contribution in [3.63, 3.8) is 0 Å². The van der Waals surface area contributed by atoms with Gasteiger partial charge in [0.25, 0.3) is 0 Å². The van der Waals surface area contributed by atoms with Crippen LogP contribution < -0.4 is 4.74 Å². The van der Waals surface area contributed by atoms with Crippen molar-refractivity contribution in [1.82, 2.24) is 10.1 Å². The molecular formula is C29H25FN2O4. The maximum atomic E-state index is 13.5. The Balaban J connectivity index is 1.45. The number of carboxylic acid groups (broad SMARTS) is 1. The minimum atomic E-state index is -0.919. The van der Waals surface area contributed by atoms with Crippen LogP contribution in [0.2, 0.25) is 0 Å². The summed E-state index contributed by atoms with van der Waals surface area (Å²) in [7, 11) is 0. The Kier molecular flexibility index (Phi) is 6.54. The lowest BCUT2D eigenvalue weighted by Gasteiger charge is -2.23. The van der Waals surface area contributed by atoms with Crippen molar-refractivity contribution < 1.29 is 23.6 Å². The van der Waals surface area contributed by atoms with E-state index in [0.717, 1.165) is 33.2 Å². The van der Waals surface area contributed by atoms with Crippen molar-refractivity contribution in [2.24, 2.45) is 0 Å². The zero-order chi connectivity index (χ0) is 25.1. The van der Waals surface area contributed by atoms with Crippen LogP contribution >= 0.6 is 0 Å². The summed E-state index contributed by atoms with van der Waals surface area (Å²) in [6.07, 6.45) is 3.48. The number of halogens is 1. The number of H-pyrrole nitrogens is 1. The quantitative estimate of drug-likeness (QED) is 0.247. The smallest absolute Gasteiger partial charge is 0.304 e. The number of fused-ring (bicyclic) bond motifs is 1. The number of aromatic nitrogens is 2. The Bertz CT molecular complexity index is 1460. The van der Waals surface area contributed by atoms with Crippen molar-refractivity contribution in [1.29, 1.82) is 0 Å². The first-order chi connectivity index (χ1) is 17.5. The second-order valence-corrected chi connectivity index (χ2v) is 8.80. The molecule has 36 heavy (non-hydrogen) atoms. The average molecular weight is 485 g/mol.